The van der Waals surface area contributed by atoms with E-state index in [1.54, 1.807) is 60.2 Å². The van der Waals surface area contributed by atoms with Crippen LogP contribution in [0.2, 0.25) is 0 Å². The number of para-hydroxylation sites is 1. The third-order valence-electron chi connectivity index (χ3n) is 3.58. The maximum Gasteiger partial charge on any atom is 0.264 e. The summed E-state index contributed by atoms with van der Waals surface area (Å²) in [6, 6.07) is 14.8. The number of pyridine rings is 1. The van der Waals surface area contributed by atoms with E-state index in [0.29, 0.717) is 16.8 Å². The van der Waals surface area contributed by atoms with Crippen molar-refractivity contribution < 1.29 is 18.4 Å². The summed E-state index contributed by atoms with van der Waals surface area (Å²) in [6.45, 7) is 0. The highest BCUT2D eigenvalue weighted by molar-refractivity contribution is 7.93. The number of nitrogens with one attached hydrogen (secondary N) is 2. The fraction of sp³-hybridized carbons (Fsp3) is 0.0588. The highest BCUT2D eigenvalue weighted by atomic mass is 32.2. The van der Waals surface area contributed by atoms with Crippen molar-refractivity contribution in [2.24, 2.45) is 0 Å². The molecule has 0 spiro atoms. The van der Waals surface area contributed by atoms with Gasteiger partial charge in [-0.2, -0.15) is 0 Å². The van der Waals surface area contributed by atoms with E-state index in [-0.39, 0.29) is 11.3 Å². The number of fused-ring (bicyclic) bond motifs is 1. The number of carbonyl (C=O) groups excluding carboxylic acids is 1. The van der Waals surface area contributed by atoms with Gasteiger partial charge in [0.05, 0.1) is 11.9 Å². The lowest BCUT2D eigenvalue weighted by Crippen LogP contribution is -2.20. The summed E-state index contributed by atoms with van der Waals surface area (Å²) < 4.78 is 27.9. The van der Waals surface area contributed by atoms with Crippen molar-refractivity contribution in [1.82, 2.24) is 10.5 Å². The van der Waals surface area contributed by atoms with Crippen LogP contribution >= 0.6 is 0 Å². The minimum absolute atomic E-state index is 0.00320. The molecule has 3 N–H and O–H groups in total. The Morgan fingerprint density at radius 3 is 2.48 bits per heavy atom. The van der Waals surface area contributed by atoms with Crippen LogP contribution in [0.15, 0.2) is 65.7 Å². The first-order valence-electron chi connectivity index (χ1n) is 7.38. The Morgan fingerprint density at radius 2 is 1.76 bits per heavy atom. The number of hydrogen-bond donors (Lipinski definition) is 3. The van der Waals surface area contributed by atoms with Gasteiger partial charge in [0.25, 0.3) is 10.0 Å². The van der Waals surface area contributed by atoms with Crippen LogP contribution in [-0.2, 0) is 21.2 Å². The molecule has 0 aliphatic rings. The summed E-state index contributed by atoms with van der Waals surface area (Å²) in [5.74, 6) is -0.546. The Bertz CT molecular complexity index is 1010. The standard InChI is InChI=1S/C17H15N3O4S/c21-16(19-22)11-12-6-8-14(9-7-12)20-25(23,24)15-5-1-3-13-4-2-10-18-17(13)15/h1-10,20,22H,11H2,(H,19,21). The van der Waals surface area contributed by atoms with E-state index in [0.717, 1.165) is 5.39 Å². The third kappa shape index (κ3) is 3.76. The lowest BCUT2D eigenvalue weighted by molar-refractivity contribution is -0.128. The van der Waals surface area contributed by atoms with E-state index in [2.05, 4.69) is 9.71 Å². The topological polar surface area (TPSA) is 108 Å². The third-order valence-corrected chi connectivity index (χ3v) is 4.99. The van der Waals surface area contributed by atoms with Gasteiger partial charge >= 0.3 is 0 Å². The molecular weight excluding hydrogens is 342 g/mol. The fourth-order valence-electron chi connectivity index (χ4n) is 2.42. The highest BCUT2D eigenvalue weighted by Gasteiger charge is 2.18. The van der Waals surface area contributed by atoms with Crippen LogP contribution in [0.4, 0.5) is 5.69 Å². The largest absolute Gasteiger partial charge is 0.289 e. The Morgan fingerprint density at radius 1 is 1.04 bits per heavy atom. The molecule has 3 aromatic rings. The molecule has 0 saturated carbocycles. The first-order chi connectivity index (χ1) is 12.0. The summed E-state index contributed by atoms with van der Waals surface area (Å²) in [5, 5.41) is 9.25. The number of rotatable bonds is 5. The second kappa shape index (κ2) is 6.88. The number of anilines is 1. The summed E-state index contributed by atoms with van der Waals surface area (Å²) >= 11 is 0. The molecule has 2 aromatic carbocycles. The molecule has 0 atom stereocenters. The minimum Gasteiger partial charge on any atom is -0.289 e. The molecule has 1 heterocycles. The second-order valence-electron chi connectivity index (χ2n) is 5.35. The zero-order valence-corrected chi connectivity index (χ0v) is 13.8. The zero-order chi connectivity index (χ0) is 17.9. The Labute approximate surface area is 144 Å². The first kappa shape index (κ1) is 16.9. The van der Waals surface area contributed by atoms with Gasteiger partial charge in [0.15, 0.2) is 0 Å². The molecule has 128 valence electrons. The number of carbonyl (C=O) groups is 1. The smallest absolute Gasteiger partial charge is 0.264 e. The SMILES string of the molecule is O=C(Cc1ccc(NS(=O)(=O)c2cccc3cccnc23)cc1)NO. The number of amides is 1. The van der Waals surface area contributed by atoms with Crippen molar-refractivity contribution in [2.75, 3.05) is 4.72 Å². The summed E-state index contributed by atoms with van der Waals surface area (Å²) in [4.78, 5) is 15.4. The van der Waals surface area contributed by atoms with E-state index < -0.39 is 15.9 Å². The van der Waals surface area contributed by atoms with E-state index in [1.807, 2.05) is 0 Å². The molecule has 0 saturated heterocycles. The predicted octanol–water partition coefficient (Wildman–Crippen LogP) is 2.08. The van der Waals surface area contributed by atoms with Gasteiger partial charge in [-0.3, -0.25) is 19.7 Å². The van der Waals surface area contributed by atoms with Crippen LogP contribution in [0.1, 0.15) is 5.56 Å². The molecule has 25 heavy (non-hydrogen) atoms. The normalized spacial score (nSPS) is 11.2. The predicted molar refractivity (Wildman–Crippen MR) is 92.6 cm³/mol. The molecule has 0 fully saturated rings. The average Bonchev–Trinajstić information content (AvgIpc) is 2.62. The average molecular weight is 357 g/mol. The molecule has 0 aliphatic carbocycles. The summed E-state index contributed by atoms with van der Waals surface area (Å²) in [7, 11) is -3.81. The zero-order valence-electron chi connectivity index (χ0n) is 13.0. The molecule has 3 rings (SSSR count). The number of benzene rings is 2. The number of hydroxylamine groups is 1. The molecule has 1 amide bonds. The molecule has 0 unspecified atom stereocenters. The summed E-state index contributed by atoms with van der Waals surface area (Å²) in [5.41, 5.74) is 2.95. The highest BCUT2D eigenvalue weighted by Crippen LogP contribution is 2.23. The van der Waals surface area contributed by atoms with Gasteiger partial charge < -0.3 is 0 Å². The number of nitrogens with zero attached hydrogens (tertiary/aromatic N) is 1. The lowest BCUT2D eigenvalue weighted by Gasteiger charge is -2.10. The summed E-state index contributed by atoms with van der Waals surface area (Å²) in [6.07, 6.45) is 1.54. The fourth-order valence-corrected chi connectivity index (χ4v) is 3.66. The monoisotopic (exact) mass is 357 g/mol. The molecular formula is C17H15N3O4S. The number of sulfonamides is 1. The Balaban J connectivity index is 1.87. The van der Waals surface area contributed by atoms with Crippen molar-refractivity contribution in [1.29, 1.82) is 0 Å². The van der Waals surface area contributed by atoms with E-state index in [9.17, 15) is 13.2 Å². The van der Waals surface area contributed by atoms with Crippen LogP contribution in [0.25, 0.3) is 10.9 Å². The van der Waals surface area contributed by atoms with Crippen molar-refractivity contribution in [2.45, 2.75) is 11.3 Å². The van der Waals surface area contributed by atoms with Gasteiger partial charge in [0.1, 0.15) is 4.90 Å². The van der Waals surface area contributed by atoms with E-state index in [4.69, 9.17) is 5.21 Å². The molecule has 0 radical (unpaired) electrons. The first-order valence-corrected chi connectivity index (χ1v) is 8.86. The van der Waals surface area contributed by atoms with E-state index in [1.165, 1.54) is 6.07 Å². The van der Waals surface area contributed by atoms with Gasteiger partial charge in [-0.25, -0.2) is 13.9 Å². The van der Waals surface area contributed by atoms with Crippen molar-refractivity contribution in [3.05, 3.63) is 66.4 Å². The van der Waals surface area contributed by atoms with Gasteiger partial charge in [0.2, 0.25) is 5.91 Å². The van der Waals surface area contributed by atoms with Gasteiger partial charge in [-0.15, -0.1) is 0 Å². The van der Waals surface area contributed by atoms with Gasteiger partial charge in [-0.1, -0.05) is 30.3 Å². The van der Waals surface area contributed by atoms with E-state index >= 15 is 0 Å². The van der Waals surface area contributed by atoms with Crippen LogP contribution in [-0.4, -0.2) is 24.5 Å². The van der Waals surface area contributed by atoms with Crippen molar-refractivity contribution in [3.8, 4) is 0 Å². The quantitative estimate of drug-likeness (QED) is 0.479. The van der Waals surface area contributed by atoms with Crippen LogP contribution in [0.5, 0.6) is 0 Å². The van der Waals surface area contributed by atoms with Gasteiger partial charge in [0, 0.05) is 17.3 Å². The number of aromatic nitrogens is 1. The van der Waals surface area contributed by atoms with Crippen molar-refractivity contribution in [3.63, 3.8) is 0 Å². The van der Waals surface area contributed by atoms with Gasteiger partial charge in [-0.05, 0) is 29.8 Å². The van der Waals surface area contributed by atoms with Crippen molar-refractivity contribution >= 4 is 32.5 Å². The van der Waals surface area contributed by atoms with Crippen LogP contribution in [0, 0.1) is 0 Å². The van der Waals surface area contributed by atoms with Crippen LogP contribution in [0.3, 0.4) is 0 Å². The Kier molecular flexibility index (Phi) is 4.64. The lowest BCUT2D eigenvalue weighted by atomic mass is 10.1. The number of hydrogen-bond acceptors (Lipinski definition) is 5. The molecule has 8 heteroatoms. The Hall–Kier alpha value is -2.97. The molecule has 7 nitrogen and oxygen atoms in total. The molecule has 0 bridgehead atoms. The molecule has 1 aromatic heterocycles. The molecule has 0 aliphatic heterocycles. The maximum absolute atomic E-state index is 12.7. The second-order valence-corrected chi connectivity index (χ2v) is 7.00. The maximum atomic E-state index is 12.7. The van der Waals surface area contributed by atoms with Crippen LogP contribution < -0.4 is 10.2 Å². The minimum atomic E-state index is -3.81.